The predicted molar refractivity (Wildman–Crippen MR) is 83.8 cm³/mol. The van der Waals surface area contributed by atoms with Gasteiger partial charge in [-0.15, -0.1) is 22.8 Å². The average Bonchev–Trinajstić information content (AvgIpc) is 3.03. The van der Waals surface area contributed by atoms with Crippen molar-refractivity contribution in [1.29, 1.82) is 4.78 Å². The van der Waals surface area contributed by atoms with Crippen molar-refractivity contribution in [2.24, 2.45) is 0 Å². The third-order valence-electron chi connectivity index (χ3n) is 2.96. The Morgan fingerprint density at radius 3 is 2.55 bits per heavy atom. The minimum absolute atomic E-state index is 0.110. The van der Waals surface area contributed by atoms with Crippen LogP contribution in [0.15, 0.2) is 46.6 Å². The predicted octanol–water partition coefficient (Wildman–Crippen LogP) is 2.25. The molecule has 1 unspecified atom stereocenters. The van der Waals surface area contributed by atoms with Crippen LogP contribution in [-0.2, 0) is 10.7 Å². The van der Waals surface area contributed by atoms with Gasteiger partial charge in [0.05, 0.1) is 4.92 Å². The first-order chi connectivity index (χ1) is 10.5. The van der Waals surface area contributed by atoms with Crippen LogP contribution in [0.4, 0.5) is 0 Å². The number of nitrogens with one attached hydrogen (secondary N) is 1. The number of aromatic nitrogens is 3. The Balaban J connectivity index is 2.07. The van der Waals surface area contributed by atoms with E-state index in [1.807, 2.05) is 0 Å². The van der Waals surface area contributed by atoms with E-state index in [2.05, 4.69) is 22.8 Å². The summed E-state index contributed by atoms with van der Waals surface area (Å²) in [6.07, 6.45) is 2.81. The highest BCUT2D eigenvalue weighted by Crippen LogP contribution is 2.31. The standard InChI is InChI=1S/C12H9N5O3S2/c13-22-9(5-6-10(22)17(19)20)16-11(14-15-12(16)21)7-1-3-8(18)4-2-7/h1-6,13,18H,(H,15,21). The molecular weight excluding hydrogens is 326 g/mol. The minimum atomic E-state index is -1.45. The van der Waals surface area contributed by atoms with Crippen LogP contribution in [0.25, 0.3) is 16.4 Å². The highest BCUT2D eigenvalue weighted by molar-refractivity contribution is 7.98. The van der Waals surface area contributed by atoms with Crippen LogP contribution < -0.4 is 0 Å². The maximum Gasteiger partial charge on any atom is 0.319 e. The Morgan fingerprint density at radius 2 is 1.95 bits per heavy atom. The van der Waals surface area contributed by atoms with Crippen molar-refractivity contribution in [2.75, 3.05) is 0 Å². The molecule has 0 aliphatic carbocycles. The quantitative estimate of drug-likeness (QED) is 0.452. The number of nitrogens with zero attached hydrogens (tertiary/aromatic N) is 4. The van der Waals surface area contributed by atoms with Crippen molar-refractivity contribution in [3.63, 3.8) is 0 Å². The SMILES string of the molecule is N=S1C(n2c(S)nnc2-c2ccc(O)cc2)=CC=C1[N+](=O)[O-]. The number of nitro groups is 1. The maximum absolute atomic E-state index is 10.9. The van der Waals surface area contributed by atoms with Gasteiger partial charge in [0.1, 0.15) is 10.8 Å². The molecule has 1 aromatic carbocycles. The number of thiol groups is 1. The van der Waals surface area contributed by atoms with Crippen LogP contribution in [-0.4, -0.2) is 24.8 Å². The highest BCUT2D eigenvalue weighted by Gasteiger charge is 2.28. The normalized spacial score (nSPS) is 17.2. The fraction of sp³-hybridized carbons (Fsp3) is 0. The molecule has 1 aliphatic rings. The molecule has 112 valence electrons. The van der Waals surface area contributed by atoms with Gasteiger partial charge in [0.2, 0.25) is 0 Å². The van der Waals surface area contributed by atoms with E-state index >= 15 is 0 Å². The zero-order valence-electron chi connectivity index (χ0n) is 10.9. The van der Waals surface area contributed by atoms with Crippen molar-refractivity contribution in [3.8, 4) is 17.1 Å². The number of hydrogen-bond donors (Lipinski definition) is 3. The summed E-state index contributed by atoms with van der Waals surface area (Å²) < 4.78 is 9.54. The van der Waals surface area contributed by atoms with Crippen LogP contribution in [0.2, 0.25) is 0 Å². The lowest BCUT2D eigenvalue weighted by Crippen LogP contribution is -2.08. The van der Waals surface area contributed by atoms with Crippen molar-refractivity contribution in [2.45, 2.75) is 5.16 Å². The van der Waals surface area contributed by atoms with E-state index < -0.39 is 15.6 Å². The van der Waals surface area contributed by atoms with E-state index in [-0.39, 0.29) is 15.9 Å². The molecule has 0 saturated heterocycles. The smallest absolute Gasteiger partial charge is 0.319 e. The first-order valence-corrected chi connectivity index (χ1v) is 7.62. The number of hydrogen-bond acceptors (Lipinski definition) is 7. The van der Waals surface area contributed by atoms with Crippen molar-refractivity contribution >= 4 is 28.3 Å². The molecule has 0 spiro atoms. The zero-order chi connectivity index (χ0) is 15.9. The van der Waals surface area contributed by atoms with Gasteiger partial charge in [0.25, 0.3) is 0 Å². The van der Waals surface area contributed by atoms with Crippen LogP contribution in [0, 0.1) is 14.9 Å². The summed E-state index contributed by atoms with van der Waals surface area (Å²) in [6.45, 7) is 0. The van der Waals surface area contributed by atoms with E-state index in [9.17, 15) is 15.2 Å². The van der Waals surface area contributed by atoms with Crippen LogP contribution >= 0.6 is 12.6 Å². The Bertz CT molecular complexity index is 854. The lowest BCUT2D eigenvalue weighted by Gasteiger charge is -2.10. The Morgan fingerprint density at radius 1 is 1.27 bits per heavy atom. The van der Waals surface area contributed by atoms with Gasteiger partial charge in [-0.1, -0.05) is 0 Å². The van der Waals surface area contributed by atoms with Crippen LogP contribution in [0.3, 0.4) is 0 Å². The third kappa shape index (κ3) is 2.31. The van der Waals surface area contributed by atoms with E-state index in [0.717, 1.165) is 0 Å². The number of benzene rings is 1. The van der Waals surface area contributed by atoms with Gasteiger partial charge in [-0.25, -0.2) is 0 Å². The molecule has 0 saturated carbocycles. The highest BCUT2D eigenvalue weighted by atomic mass is 32.2. The molecule has 1 aliphatic heterocycles. The van der Waals surface area contributed by atoms with E-state index in [0.29, 0.717) is 16.4 Å². The lowest BCUT2D eigenvalue weighted by atomic mass is 10.2. The molecule has 22 heavy (non-hydrogen) atoms. The van der Waals surface area contributed by atoms with Crippen LogP contribution in [0.5, 0.6) is 5.75 Å². The van der Waals surface area contributed by atoms with Gasteiger partial charge in [-0.2, -0.15) is 0 Å². The summed E-state index contributed by atoms with van der Waals surface area (Å²) in [5, 5.41) is 28.6. The fourth-order valence-corrected chi connectivity index (χ4v) is 3.41. The number of rotatable bonds is 3. The first-order valence-electron chi connectivity index (χ1n) is 5.95. The molecule has 2 aromatic rings. The number of phenolic OH excluding ortho intramolecular Hbond substituents is 1. The second-order valence-electron chi connectivity index (χ2n) is 4.28. The van der Waals surface area contributed by atoms with Gasteiger partial charge < -0.3 is 5.11 Å². The second kappa shape index (κ2) is 5.39. The molecular formula is C12H9N5O3S2. The lowest BCUT2D eigenvalue weighted by molar-refractivity contribution is -0.410. The van der Waals surface area contributed by atoms with Gasteiger partial charge in [-0.05, 0) is 30.3 Å². The van der Waals surface area contributed by atoms with Gasteiger partial charge in [-0.3, -0.25) is 19.5 Å². The Hall–Kier alpha value is -2.46. The minimum Gasteiger partial charge on any atom is -0.508 e. The molecule has 0 fully saturated rings. The van der Waals surface area contributed by atoms with Gasteiger partial charge in [0.15, 0.2) is 11.0 Å². The average molecular weight is 335 g/mol. The van der Waals surface area contributed by atoms with Crippen LogP contribution in [0.1, 0.15) is 0 Å². The fourth-order valence-electron chi connectivity index (χ4n) is 1.96. The molecule has 8 nitrogen and oxygen atoms in total. The second-order valence-corrected chi connectivity index (χ2v) is 6.13. The Kier molecular flexibility index (Phi) is 3.54. The summed E-state index contributed by atoms with van der Waals surface area (Å²) in [7, 11) is -1.45. The molecule has 3 rings (SSSR count). The van der Waals surface area contributed by atoms with E-state index in [1.165, 1.54) is 28.9 Å². The maximum atomic E-state index is 10.9. The third-order valence-corrected chi connectivity index (χ3v) is 4.69. The molecule has 1 aromatic heterocycles. The first kappa shape index (κ1) is 14.5. The van der Waals surface area contributed by atoms with Crippen molar-refractivity contribution in [3.05, 3.63) is 51.6 Å². The topological polar surface area (TPSA) is 118 Å². The molecule has 0 radical (unpaired) electrons. The zero-order valence-corrected chi connectivity index (χ0v) is 12.6. The molecule has 1 atom stereocenters. The molecule has 2 N–H and O–H groups in total. The Labute approximate surface area is 132 Å². The molecule has 2 heterocycles. The van der Waals surface area contributed by atoms with Gasteiger partial charge >= 0.3 is 5.03 Å². The van der Waals surface area contributed by atoms with Gasteiger partial charge in [0, 0.05) is 22.3 Å². The summed E-state index contributed by atoms with van der Waals surface area (Å²) in [4.78, 5) is 10.3. The summed E-state index contributed by atoms with van der Waals surface area (Å²) in [5.41, 5.74) is 0.651. The van der Waals surface area contributed by atoms with Crippen molar-refractivity contribution in [1.82, 2.24) is 14.8 Å². The molecule has 0 amide bonds. The summed E-state index contributed by atoms with van der Waals surface area (Å²) in [6, 6.07) is 6.28. The summed E-state index contributed by atoms with van der Waals surface area (Å²) in [5.74, 6) is 0.512. The van der Waals surface area contributed by atoms with E-state index in [4.69, 9.17) is 4.78 Å². The largest absolute Gasteiger partial charge is 0.508 e. The number of aromatic hydroxyl groups is 1. The molecule has 0 bridgehead atoms. The summed E-state index contributed by atoms with van der Waals surface area (Å²) >= 11 is 4.21. The monoisotopic (exact) mass is 335 g/mol. The van der Waals surface area contributed by atoms with E-state index in [1.54, 1.807) is 12.1 Å². The molecule has 10 heteroatoms. The van der Waals surface area contributed by atoms with Crippen molar-refractivity contribution < 1.29 is 10.0 Å². The number of phenols is 1. The number of allylic oxidation sites excluding steroid dienone is 2.